The normalized spacial score (nSPS) is 10.6. The maximum atomic E-state index is 13.0. The number of nitrogens with one attached hydrogen (secondary N) is 1. The molecule has 0 saturated carbocycles. The van der Waals surface area contributed by atoms with Crippen molar-refractivity contribution in [2.24, 2.45) is 0 Å². The van der Waals surface area contributed by atoms with Gasteiger partial charge in [-0.15, -0.1) is 0 Å². The predicted octanol–water partition coefficient (Wildman–Crippen LogP) is 1.81. The molecule has 0 spiro atoms. The maximum Gasteiger partial charge on any atom is 0.258 e. The Morgan fingerprint density at radius 1 is 1.15 bits per heavy atom. The minimum absolute atomic E-state index is 0.00347. The summed E-state index contributed by atoms with van der Waals surface area (Å²) in [6.07, 6.45) is 0.921. The first-order valence-corrected chi connectivity index (χ1v) is 3.65. The van der Waals surface area contributed by atoms with Gasteiger partial charge < -0.3 is 4.98 Å². The molecule has 4 heteroatoms. The summed E-state index contributed by atoms with van der Waals surface area (Å²) < 4.78 is 26.0. The molecule has 0 aliphatic carbocycles. The van der Waals surface area contributed by atoms with Crippen molar-refractivity contribution in [2.75, 3.05) is 0 Å². The Morgan fingerprint density at radius 2 is 1.92 bits per heavy atom. The van der Waals surface area contributed by atoms with E-state index in [4.69, 9.17) is 0 Å². The molecule has 1 heterocycles. The molecule has 1 aromatic carbocycles. The van der Waals surface area contributed by atoms with Gasteiger partial charge in [-0.3, -0.25) is 4.79 Å². The Labute approximate surface area is 71.8 Å². The van der Waals surface area contributed by atoms with E-state index in [1.807, 2.05) is 0 Å². The molecule has 1 aromatic heterocycles. The molecular weight excluding hydrogens is 176 g/mol. The fraction of sp³-hybridized carbons (Fsp3) is 0. The third kappa shape index (κ3) is 1.11. The van der Waals surface area contributed by atoms with Crippen molar-refractivity contribution in [1.29, 1.82) is 0 Å². The first-order chi connectivity index (χ1) is 6.20. The number of fused-ring (bicyclic) bond motifs is 1. The average molecular weight is 181 g/mol. The first kappa shape index (κ1) is 7.91. The van der Waals surface area contributed by atoms with Crippen molar-refractivity contribution in [3.63, 3.8) is 0 Å². The van der Waals surface area contributed by atoms with Gasteiger partial charge in [0.05, 0.1) is 5.39 Å². The second kappa shape index (κ2) is 2.65. The zero-order valence-electron chi connectivity index (χ0n) is 6.47. The number of hydrogen-bond donors (Lipinski definition) is 1. The van der Waals surface area contributed by atoms with E-state index in [2.05, 4.69) is 4.98 Å². The molecule has 2 nitrogen and oxygen atoms in total. The third-order valence-electron chi connectivity index (χ3n) is 1.83. The summed E-state index contributed by atoms with van der Waals surface area (Å²) in [5, 5.41) is -0.230. The summed E-state index contributed by atoms with van der Waals surface area (Å²) in [4.78, 5) is 13.2. The van der Waals surface area contributed by atoms with E-state index in [0.717, 1.165) is 12.3 Å². The molecule has 0 unspecified atom stereocenters. The zero-order chi connectivity index (χ0) is 9.42. The highest BCUT2D eigenvalue weighted by Crippen LogP contribution is 2.15. The van der Waals surface area contributed by atoms with E-state index in [0.29, 0.717) is 0 Å². The van der Waals surface area contributed by atoms with Crippen molar-refractivity contribution in [1.82, 2.24) is 4.98 Å². The average Bonchev–Trinajstić information content (AvgIpc) is 2.12. The molecule has 0 amide bonds. The lowest BCUT2D eigenvalue weighted by Crippen LogP contribution is -2.08. The van der Waals surface area contributed by atoms with Gasteiger partial charge in [-0.2, -0.15) is 0 Å². The highest BCUT2D eigenvalue weighted by molar-refractivity contribution is 5.82. The van der Waals surface area contributed by atoms with Gasteiger partial charge in [0.25, 0.3) is 5.56 Å². The minimum Gasteiger partial charge on any atom is -0.326 e. The standard InChI is InChI=1S/C9H5F2NO/c10-6-3-1-2-5-7(11)4-12-9(13)8(5)6/h1-4H,(H,12,13). The second-order valence-corrected chi connectivity index (χ2v) is 2.63. The number of aromatic nitrogens is 1. The van der Waals surface area contributed by atoms with Crippen molar-refractivity contribution < 1.29 is 8.78 Å². The molecule has 66 valence electrons. The highest BCUT2D eigenvalue weighted by Gasteiger charge is 2.07. The van der Waals surface area contributed by atoms with Crippen LogP contribution in [0.1, 0.15) is 0 Å². The van der Waals surface area contributed by atoms with Crippen molar-refractivity contribution in [3.8, 4) is 0 Å². The molecule has 0 atom stereocenters. The number of pyridine rings is 1. The van der Waals surface area contributed by atoms with E-state index in [1.165, 1.54) is 12.1 Å². The van der Waals surface area contributed by atoms with Gasteiger partial charge >= 0.3 is 0 Å². The number of aromatic amines is 1. The predicted molar refractivity (Wildman–Crippen MR) is 44.5 cm³/mol. The number of halogens is 2. The minimum atomic E-state index is -0.710. The second-order valence-electron chi connectivity index (χ2n) is 2.63. The Bertz CT molecular complexity index is 518. The molecule has 0 aliphatic heterocycles. The molecule has 0 saturated heterocycles. The summed E-state index contributed by atoms with van der Waals surface area (Å²) in [5.74, 6) is -1.34. The van der Waals surface area contributed by atoms with Gasteiger partial charge in [0.15, 0.2) is 0 Å². The SMILES string of the molecule is O=c1[nH]cc(F)c2cccc(F)c12. The molecule has 2 aromatic rings. The van der Waals surface area contributed by atoms with Gasteiger partial charge in [-0.1, -0.05) is 12.1 Å². The van der Waals surface area contributed by atoms with Crippen molar-refractivity contribution >= 4 is 10.8 Å². The van der Waals surface area contributed by atoms with Gasteiger partial charge in [0.1, 0.15) is 11.6 Å². The highest BCUT2D eigenvalue weighted by atomic mass is 19.1. The van der Waals surface area contributed by atoms with Crippen LogP contribution in [0.5, 0.6) is 0 Å². The molecule has 1 N–H and O–H groups in total. The number of hydrogen-bond acceptors (Lipinski definition) is 1. The number of benzene rings is 1. The largest absolute Gasteiger partial charge is 0.326 e. The Balaban J connectivity index is 3.09. The smallest absolute Gasteiger partial charge is 0.258 e. The zero-order valence-corrected chi connectivity index (χ0v) is 6.47. The summed E-state index contributed by atoms with van der Waals surface area (Å²) in [7, 11) is 0. The topological polar surface area (TPSA) is 32.9 Å². The quantitative estimate of drug-likeness (QED) is 0.660. The molecule has 2 rings (SSSR count). The van der Waals surface area contributed by atoms with Crippen LogP contribution in [0.15, 0.2) is 29.2 Å². The maximum absolute atomic E-state index is 13.0. The lowest BCUT2D eigenvalue weighted by Gasteiger charge is -1.98. The van der Waals surface area contributed by atoms with Crippen molar-refractivity contribution in [2.45, 2.75) is 0 Å². The molecule has 0 aliphatic rings. The number of H-pyrrole nitrogens is 1. The fourth-order valence-corrected chi connectivity index (χ4v) is 1.23. The van der Waals surface area contributed by atoms with Crippen LogP contribution in [0.25, 0.3) is 10.8 Å². The monoisotopic (exact) mass is 181 g/mol. The summed E-state index contributed by atoms with van der Waals surface area (Å²) in [5.41, 5.74) is -0.616. The molecule has 0 bridgehead atoms. The summed E-state index contributed by atoms with van der Waals surface area (Å²) in [6.45, 7) is 0. The molecule has 0 radical (unpaired) electrons. The van der Waals surface area contributed by atoms with Crippen molar-refractivity contribution in [3.05, 3.63) is 46.4 Å². The summed E-state index contributed by atoms with van der Waals surface area (Å²) >= 11 is 0. The number of rotatable bonds is 0. The van der Waals surface area contributed by atoms with E-state index >= 15 is 0 Å². The van der Waals surface area contributed by atoms with E-state index in [1.54, 1.807) is 0 Å². The Hall–Kier alpha value is -1.71. The van der Waals surface area contributed by atoms with Gasteiger partial charge in [0.2, 0.25) is 0 Å². The van der Waals surface area contributed by atoms with Gasteiger partial charge in [-0.25, -0.2) is 8.78 Å². The van der Waals surface area contributed by atoms with Crippen LogP contribution in [0, 0.1) is 11.6 Å². The Kier molecular flexibility index (Phi) is 1.62. The fourth-order valence-electron chi connectivity index (χ4n) is 1.23. The lowest BCUT2D eigenvalue weighted by molar-refractivity contribution is 0.622. The van der Waals surface area contributed by atoms with Crippen LogP contribution in [-0.4, -0.2) is 4.98 Å². The Morgan fingerprint density at radius 3 is 2.62 bits per heavy atom. The molecular formula is C9H5F2NO. The van der Waals surface area contributed by atoms with E-state index in [9.17, 15) is 13.6 Å². The molecule has 0 fully saturated rings. The van der Waals surface area contributed by atoms with E-state index < -0.39 is 17.2 Å². The van der Waals surface area contributed by atoms with Gasteiger partial charge in [-0.05, 0) is 6.07 Å². The van der Waals surface area contributed by atoms with Crippen LogP contribution < -0.4 is 5.56 Å². The lowest BCUT2D eigenvalue weighted by atomic mass is 10.1. The van der Waals surface area contributed by atoms with Crippen LogP contribution in [0.3, 0.4) is 0 Å². The van der Waals surface area contributed by atoms with Crippen LogP contribution in [0.4, 0.5) is 8.78 Å². The van der Waals surface area contributed by atoms with Crippen LogP contribution in [0.2, 0.25) is 0 Å². The van der Waals surface area contributed by atoms with Crippen LogP contribution in [-0.2, 0) is 0 Å². The van der Waals surface area contributed by atoms with Gasteiger partial charge in [0, 0.05) is 11.6 Å². The van der Waals surface area contributed by atoms with Crippen LogP contribution >= 0.6 is 0 Å². The van der Waals surface area contributed by atoms with E-state index in [-0.39, 0.29) is 10.8 Å². The third-order valence-corrected chi connectivity index (χ3v) is 1.83. The summed E-state index contributed by atoms with van der Waals surface area (Å²) in [6, 6.07) is 3.85. The molecule has 13 heavy (non-hydrogen) atoms. The first-order valence-electron chi connectivity index (χ1n) is 3.65.